The van der Waals surface area contributed by atoms with E-state index in [1.807, 2.05) is 23.9 Å². The fraction of sp³-hybridized carbons (Fsp3) is 0.294. The molecule has 2 aromatic rings. The van der Waals surface area contributed by atoms with E-state index >= 15 is 0 Å². The molecule has 0 radical (unpaired) electrons. The summed E-state index contributed by atoms with van der Waals surface area (Å²) in [5.74, 6) is 1.41. The normalized spacial score (nSPS) is 21.0. The van der Waals surface area contributed by atoms with E-state index in [9.17, 15) is 4.79 Å². The number of carbonyl (C=O) groups is 1. The van der Waals surface area contributed by atoms with Gasteiger partial charge in [-0.1, -0.05) is 18.2 Å². The number of nitrogens with zero attached hydrogens (tertiary/aromatic N) is 2. The molecule has 4 rings (SSSR count). The van der Waals surface area contributed by atoms with Gasteiger partial charge in [0.15, 0.2) is 0 Å². The SMILES string of the molecule is Cc1ccc(N2N=C3c4ccccc4SCCC3CC2=O)s1. The summed E-state index contributed by atoms with van der Waals surface area (Å²) < 4.78 is 0. The van der Waals surface area contributed by atoms with Gasteiger partial charge in [0.05, 0.1) is 5.71 Å². The lowest BCUT2D eigenvalue weighted by Gasteiger charge is -2.27. The Hall–Kier alpha value is -1.59. The number of benzene rings is 1. The predicted molar refractivity (Wildman–Crippen MR) is 93.0 cm³/mol. The molecule has 2 aliphatic heterocycles. The molecule has 5 heteroatoms. The van der Waals surface area contributed by atoms with Crippen molar-refractivity contribution in [2.75, 3.05) is 10.8 Å². The topological polar surface area (TPSA) is 32.7 Å². The van der Waals surface area contributed by atoms with Crippen LogP contribution in [0.4, 0.5) is 5.00 Å². The highest BCUT2D eigenvalue weighted by atomic mass is 32.2. The Labute approximate surface area is 138 Å². The number of hydrogen-bond donors (Lipinski definition) is 0. The molecule has 112 valence electrons. The molecule has 0 fully saturated rings. The minimum atomic E-state index is 0.111. The summed E-state index contributed by atoms with van der Waals surface area (Å²) in [6.07, 6.45) is 1.58. The van der Waals surface area contributed by atoms with Crippen LogP contribution in [0, 0.1) is 12.8 Å². The first-order valence-corrected chi connectivity index (χ1v) is 9.22. The molecule has 1 unspecified atom stereocenters. The van der Waals surface area contributed by atoms with Crippen molar-refractivity contribution in [2.45, 2.75) is 24.7 Å². The third-order valence-corrected chi connectivity index (χ3v) is 6.16. The van der Waals surface area contributed by atoms with Crippen LogP contribution in [0.3, 0.4) is 0 Å². The molecule has 1 aromatic carbocycles. The summed E-state index contributed by atoms with van der Waals surface area (Å²) in [5.41, 5.74) is 2.27. The van der Waals surface area contributed by atoms with Crippen molar-refractivity contribution in [3.63, 3.8) is 0 Å². The molecule has 0 saturated heterocycles. The molecular weight excluding hydrogens is 312 g/mol. The third kappa shape index (κ3) is 2.38. The van der Waals surface area contributed by atoms with Gasteiger partial charge in [0, 0.05) is 27.7 Å². The molecule has 0 N–H and O–H groups in total. The molecule has 3 heterocycles. The van der Waals surface area contributed by atoms with E-state index in [4.69, 9.17) is 5.10 Å². The van der Waals surface area contributed by atoms with Crippen LogP contribution in [0.5, 0.6) is 0 Å². The van der Waals surface area contributed by atoms with E-state index in [1.165, 1.54) is 15.3 Å². The van der Waals surface area contributed by atoms with Crippen molar-refractivity contribution in [1.82, 2.24) is 0 Å². The molecular formula is C17H16N2OS2. The molecule has 1 aromatic heterocycles. The Morgan fingerprint density at radius 3 is 2.91 bits per heavy atom. The number of carbonyl (C=O) groups excluding carboxylic acids is 1. The van der Waals surface area contributed by atoms with Crippen LogP contribution < -0.4 is 5.01 Å². The van der Waals surface area contributed by atoms with Gasteiger partial charge in [-0.3, -0.25) is 4.79 Å². The van der Waals surface area contributed by atoms with E-state index in [1.54, 1.807) is 16.3 Å². The molecule has 22 heavy (non-hydrogen) atoms. The van der Waals surface area contributed by atoms with Crippen molar-refractivity contribution < 1.29 is 4.79 Å². The Morgan fingerprint density at radius 2 is 2.09 bits per heavy atom. The lowest BCUT2D eigenvalue weighted by molar-refractivity contribution is -0.119. The summed E-state index contributed by atoms with van der Waals surface area (Å²) in [6.45, 7) is 2.05. The average Bonchev–Trinajstić information content (AvgIpc) is 2.86. The van der Waals surface area contributed by atoms with E-state index < -0.39 is 0 Å². The van der Waals surface area contributed by atoms with Gasteiger partial charge in [0.1, 0.15) is 5.00 Å². The number of anilines is 1. The van der Waals surface area contributed by atoms with Crippen LogP contribution in [0.15, 0.2) is 46.4 Å². The van der Waals surface area contributed by atoms with Crippen LogP contribution in [0.1, 0.15) is 23.3 Å². The first kappa shape index (κ1) is 14.0. The van der Waals surface area contributed by atoms with Gasteiger partial charge < -0.3 is 0 Å². The van der Waals surface area contributed by atoms with Gasteiger partial charge in [-0.25, -0.2) is 0 Å². The summed E-state index contributed by atoms with van der Waals surface area (Å²) >= 11 is 3.49. The summed E-state index contributed by atoms with van der Waals surface area (Å²) in [7, 11) is 0. The van der Waals surface area contributed by atoms with E-state index in [0.717, 1.165) is 22.9 Å². The zero-order valence-corrected chi connectivity index (χ0v) is 13.9. The fourth-order valence-electron chi connectivity index (χ4n) is 2.97. The van der Waals surface area contributed by atoms with Gasteiger partial charge in [-0.05, 0) is 37.3 Å². The Bertz CT molecular complexity index is 766. The van der Waals surface area contributed by atoms with E-state index in [-0.39, 0.29) is 11.8 Å². The minimum Gasteiger partial charge on any atom is -0.273 e. The second-order valence-corrected chi connectivity index (χ2v) is 8.01. The van der Waals surface area contributed by atoms with Gasteiger partial charge >= 0.3 is 0 Å². The number of thioether (sulfide) groups is 1. The molecule has 0 aliphatic carbocycles. The van der Waals surface area contributed by atoms with Crippen LogP contribution in [0.2, 0.25) is 0 Å². The minimum absolute atomic E-state index is 0.111. The number of aryl methyl sites for hydroxylation is 1. The number of amides is 1. The second kappa shape index (κ2) is 5.56. The van der Waals surface area contributed by atoms with E-state index in [0.29, 0.717) is 6.42 Å². The highest BCUT2D eigenvalue weighted by Gasteiger charge is 2.33. The summed E-state index contributed by atoms with van der Waals surface area (Å²) in [5, 5.41) is 7.29. The summed E-state index contributed by atoms with van der Waals surface area (Å²) in [6, 6.07) is 12.4. The molecule has 0 bridgehead atoms. The number of rotatable bonds is 1. The lowest BCUT2D eigenvalue weighted by Crippen LogP contribution is -2.36. The predicted octanol–water partition coefficient (Wildman–Crippen LogP) is 4.31. The smallest absolute Gasteiger partial charge is 0.248 e. The monoisotopic (exact) mass is 328 g/mol. The highest BCUT2D eigenvalue weighted by Crippen LogP contribution is 2.37. The van der Waals surface area contributed by atoms with Gasteiger partial charge in [0.2, 0.25) is 5.91 Å². The molecule has 3 nitrogen and oxygen atoms in total. The molecule has 0 saturated carbocycles. The molecule has 2 aliphatic rings. The van der Waals surface area contributed by atoms with Gasteiger partial charge in [-0.15, -0.1) is 23.1 Å². The summed E-state index contributed by atoms with van der Waals surface area (Å²) in [4.78, 5) is 15.0. The Morgan fingerprint density at radius 1 is 1.23 bits per heavy atom. The average molecular weight is 328 g/mol. The quantitative estimate of drug-likeness (QED) is 0.781. The van der Waals surface area contributed by atoms with Crippen molar-refractivity contribution in [2.24, 2.45) is 11.0 Å². The largest absolute Gasteiger partial charge is 0.273 e. The Balaban J connectivity index is 1.82. The standard InChI is InChI=1S/C17H16N2OS2/c1-11-6-7-16(22-11)19-15(20)10-12-8-9-21-14-5-3-2-4-13(14)17(12)18-19/h2-7,12H,8-10H2,1H3. The van der Waals surface area contributed by atoms with Gasteiger partial charge in [-0.2, -0.15) is 10.1 Å². The zero-order valence-electron chi connectivity index (χ0n) is 12.3. The fourth-order valence-corrected chi connectivity index (χ4v) is 4.93. The van der Waals surface area contributed by atoms with Crippen LogP contribution >= 0.6 is 23.1 Å². The maximum atomic E-state index is 12.5. The van der Waals surface area contributed by atoms with Gasteiger partial charge in [0.25, 0.3) is 0 Å². The van der Waals surface area contributed by atoms with Crippen molar-refractivity contribution in [3.05, 3.63) is 46.8 Å². The van der Waals surface area contributed by atoms with Crippen LogP contribution in [-0.4, -0.2) is 17.4 Å². The molecule has 1 amide bonds. The first-order valence-electron chi connectivity index (χ1n) is 7.42. The van der Waals surface area contributed by atoms with Crippen LogP contribution in [-0.2, 0) is 4.79 Å². The van der Waals surface area contributed by atoms with Crippen molar-refractivity contribution in [3.8, 4) is 0 Å². The number of thiophene rings is 1. The third-order valence-electron chi connectivity index (χ3n) is 4.07. The number of hydrazone groups is 1. The number of fused-ring (bicyclic) bond motifs is 3. The van der Waals surface area contributed by atoms with Crippen molar-refractivity contribution >= 4 is 39.7 Å². The number of hydrogen-bond acceptors (Lipinski definition) is 4. The molecule has 0 spiro atoms. The molecule has 1 atom stereocenters. The lowest BCUT2D eigenvalue weighted by atomic mass is 9.90. The zero-order chi connectivity index (χ0) is 15.1. The maximum Gasteiger partial charge on any atom is 0.248 e. The van der Waals surface area contributed by atoms with Crippen LogP contribution in [0.25, 0.3) is 0 Å². The maximum absolute atomic E-state index is 12.5. The van der Waals surface area contributed by atoms with Crippen molar-refractivity contribution in [1.29, 1.82) is 0 Å². The Kier molecular flexibility index (Phi) is 3.54. The first-order chi connectivity index (χ1) is 10.7. The highest BCUT2D eigenvalue weighted by molar-refractivity contribution is 7.99. The van der Waals surface area contributed by atoms with E-state index in [2.05, 4.69) is 31.2 Å². The second-order valence-electron chi connectivity index (χ2n) is 5.61.